The summed E-state index contributed by atoms with van der Waals surface area (Å²) in [7, 11) is 0. The third-order valence-electron chi connectivity index (χ3n) is 3.68. The van der Waals surface area contributed by atoms with Crippen LogP contribution in [0.3, 0.4) is 0 Å². The van der Waals surface area contributed by atoms with E-state index >= 15 is 0 Å². The lowest BCUT2D eigenvalue weighted by Crippen LogP contribution is -2.23. The van der Waals surface area contributed by atoms with Crippen LogP contribution in [0.25, 0.3) is 11.4 Å². The van der Waals surface area contributed by atoms with E-state index in [9.17, 15) is 0 Å². The minimum absolute atomic E-state index is 0.135. The molecule has 3 rings (SSSR count). The maximum atomic E-state index is 5.93. The summed E-state index contributed by atoms with van der Waals surface area (Å²) in [5, 5.41) is 7.67. The fraction of sp³-hybridized carbons (Fsp3) is 0.250. The predicted molar refractivity (Wildman–Crippen MR) is 111 cm³/mol. The first-order chi connectivity index (χ1) is 13.5. The molecule has 0 aliphatic heterocycles. The van der Waals surface area contributed by atoms with Crippen LogP contribution in [-0.2, 0) is 6.42 Å². The second-order valence-electron chi connectivity index (χ2n) is 6.35. The minimum Gasteiger partial charge on any atom is -0.491 e. The molecule has 146 valence electrons. The highest BCUT2D eigenvalue weighted by atomic mass is 35.5. The molecular weight excluding hydrogens is 378 g/mol. The molecule has 0 aliphatic carbocycles. The number of nitrogens with two attached hydrogens (primary N) is 1. The molecule has 0 saturated carbocycles. The zero-order chi connectivity index (χ0) is 19.9. The van der Waals surface area contributed by atoms with Crippen LogP contribution in [0, 0.1) is 0 Å². The van der Waals surface area contributed by atoms with E-state index < -0.39 is 0 Å². The van der Waals surface area contributed by atoms with Gasteiger partial charge in [0.2, 0.25) is 11.7 Å². The molecule has 1 heterocycles. The van der Waals surface area contributed by atoms with Crippen molar-refractivity contribution >= 4 is 23.2 Å². The van der Waals surface area contributed by atoms with Gasteiger partial charge < -0.3 is 20.3 Å². The van der Waals surface area contributed by atoms with Crippen LogP contribution in [0.5, 0.6) is 5.75 Å². The second-order valence-corrected chi connectivity index (χ2v) is 6.79. The molecule has 3 aromatic rings. The van der Waals surface area contributed by atoms with Crippen molar-refractivity contribution in [2.45, 2.75) is 26.4 Å². The Kier molecular flexibility index (Phi) is 6.49. The Balaban J connectivity index is 1.51. The number of aromatic nitrogens is 2. The first-order valence-corrected chi connectivity index (χ1v) is 9.29. The second kappa shape index (κ2) is 9.23. The first-order valence-electron chi connectivity index (χ1n) is 8.92. The molecule has 0 amide bonds. The van der Waals surface area contributed by atoms with Gasteiger partial charge in [-0.2, -0.15) is 4.98 Å². The van der Waals surface area contributed by atoms with Crippen LogP contribution < -0.4 is 15.8 Å². The molecule has 1 aromatic heterocycles. The molecule has 0 radical (unpaired) electrons. The van der Waals surface area contributed by atoms with Crippen LogP contribution in [0.15, 0.2) is 58.0 Å². The lowest BCUT2D eigenvalue weighted by atomic mass is 10.2. The minimum atomic E-state index is 0.135. The van der Waals surface area contributed by atoms with Gasteiger partial charge in [-0.05, 0) is 62.4 Å². The molecule has 2 aromatic carbocycles. The number of rotatable bonds is 7. The van der Waals surface area contributed by atoms with Gasteiger partial charge in [0.25, 0.3) is 0 Å². The standard InChI is InChI=1S/C20H22ClN5O2/c1-13(2)27-17-9-7-16(8-10-17)24-20(22)23-12-11-18-25-19(26-28-18)14-3-5-15(21)6-4-14/h3-10,13H,11-12H2,1-2H3,(H3,22,23,24). The lowest BCUT2D eigenvalue weighted by Gasteiger charge is -2.10. The number of anilines is 1. The molecule has 0 fully saturated rings. The molecule has 8 heteroatoms. The van der Waals surface area contributed by atoms with Crippen molar-refractivity contribution in [1.82, 2.24) is 10.1 Å². The van der Waals surface area contributed by atoms with Gasteiger partial charge >= 0.3 is 0 Å². The number of halogens is 1. The molecule has 0 bridgehead atoms. The number of hydrogen-bond acceptors (Lipinski definition) is 5. The molecular formula is C20H22ClN5O2. The Morgan fingerprint density at radius 1 is 1.18 bits per heavy atom. The summed E-state index contributed by atoms with van der Waals surface area (Å²) in [6.07, 6.45) is 0.625. The van der Waals surface area contributed by atoms with Crippen molar-refractivity contribution in [3.05, 3.63) is 59.4 Å². The quantitative estimate of drug-likeness (QED) is 0.457. The van der Waals surface area contributed by atoms with E-state index in [0.717, 1.165) is 17.0 Å². The van der Waals surface area contributed by atoms with Crippen molar-refractivity contribution in [1.29, 1.82) is 0 Å². The summed E-state index contributed by atoms with van der Waals surface area (Å²) in [5.74, 6) is 2.14. The van der Waals surface area contributed by atoms with Crippen LogP contribution in [0.2, 0.25) is 5.02 Å². The largest absolute Gasteiger partial charge is 0.491 e. The van der Waals surface area contributed by atoms with Gasteiger partial charge in [0, 0.05) is 22.7 Å². The summed E-state index contributed by atoms with van der Waals surface area (Å²) in [6.45, 7) is 4.40. The molecule has 3 N–H and O–H groups in total. The summed E-state index contributed by atoms with van der Waals surface area (Å²) < 4.78 is 10.9. The third-order valence-corrected chi connectivity index (χ3v) is 3.93. The number of benzene rings is 2. The number of hydrogen-bond donors (Lipinski definition) is 2. The number of guanidine groups is 1. The lowest BCUT2D eigenvalue weighted by molar-refractivity contribution is 0.242. The number of nitrogens with one attached hydrogen (secondary N) is 1. The van der Waals surface area contributed by atoms with E-state index in [4.69, 9.17) is 26.6 Å². The van der Waals surface area contributed by atoms with Crippen LogP contribution >= 0.6 is 11.6 Å². The molecule has 0 saturated heterocycles. The highest BCUT2D eigenvalue weighted by Crippen LogP contribution is 2.19. The molecule has 0 unspecified atom stereocenters. The van der Waals surface area contributed by atoms with Crippen LogP contribution in [0.4, 0.5) is 5.69 Å². The van der Waals surface area contributed by atoms with Crippen molar-refractivity contribution in [2.75, 3.05) is 11.9 Å². The van der Waals surface area contributed by atoms with Gasteiger partial charge in [-0.1, -0.05) is 16.8 Å². The van der Waals surface area contributed by atoms with Crippen LogP contribution in [-0.4, -0.2) is 28.7 Å². The van der Waals surface area contributed by atoms with E-state index in [0.29, 0.717) is 35.7 Å². The van der Waals surface area contributed by atoms with Gasteiger partial charge in [0.15, 0.2) is 5.96 Å². The molecule has 0 atom stereocenters. The van der Waals surface area contributed by atoms with Gasteiger partial charge in [0.1, 0.15) is 5.75 Å². The number of nitrogens with zero attached hydrogens (tertiary/aromatic N) is 3. The Morgan fingerprint density at radius 3 is 2.57 bits per heavy atom. The Labute approximate surface area is 168 Å². The Bertz CT molecular complexity index is 921. The number of ether oxygens (including phenoxy) is 1. The van der Waals surface area contributed by atoms with Gasteiger partial charge in [-0.25, -0.2) is 0 Å². The maximum Gasteiger partial charge on any atom is 0.228 e. The SMILES string of the molecule is CC(C)Oc1ccc(NC(N)=NCCc2nc(-c3ccc(Cl)cc3)no2)cc1. The van der Waals surface area contributed by atoms with E-state index in [-0.39, 0.29) is 6.10 Å². The highest BCUT2D eigenvalue weighted by Gasteiger charge is 2.08. The first kappa shape index (κ1) is 19.7. The van der Waals surface area contributed by atoms with E-state index in [1.807, 2.05) is 50.2 Å². The van der Waals surface area contributed by atoms with E-state index in [2.05, 4.69) is 20.4 Å². The molecule has 7 nitrogen and oxygen atoms in total. The smallest absolute Gasteiger partial charge is 0.228 e. The van der Waals surface area contributed by atoms with E-state index in [1.165, 1.54) is 0 Å². The fourth-order valence-electron chi connectivity index (χ4n) is 2.42. The van der Waals surface area contributed by atoms with Gasteiger partial charge in [0.05, 0.1) is 12.6 Å². The van der Waals surface area contributed by atoms with Crippen molar-refractivity contribution in [3.63, 3.8) is 0 Å². The molecule has 0 aliphatic rings. The summed E-state index contributed by atoms with van der Waals surface area (Å²) >= 11 is 5.89. The Morgan fingerprint density at radius 2 is 1.89 bits per heavy atom. The van der Waals surface area contributed by atoms with Crippen LogP contribution in [0.1, 0.15) is 19.7 Å². The maximum absolute atomic E-state index is 5.93. The summed E-state index contributed by atoms with van der Waals surface area (Å²) in [5.41, 5.74) is 7.60. The van der Waals surface area contributed by atoms with Crippen molar-refractivity contribution < 1.29 is 9.26 Å². The normalized spacial score (nSPS) is 11.6. The van der Waals surface area contributed by atoms with E-state index in [1.54, 1.807) is 12.1 Å². The number of aliphatic imine (C=N–C) groups is 1. The summed E-state index contributed by atoms with van der Waals surface area (Å²) in [6, 6.07) is 14.8. The van der Waals surface area contributed by atoms with Crippen molar-refractivity contribution in [3.8, 4) is 17.1 Å². The highest BCUT2D eigenvalue weighted by molar-refractivity contribution is 6.30. The molecule has 28 heavy (non-hydrogen) atoms. The molecule has 0 spiro atoms. The monoisotopic (exact) mass is 399 g/mol. The van der Waals surface area contributed by atoms with Gasteiger partial charge in [-0.3, -0.25) is 4.99 Å². The Hall–Kier alpha value is -3.06. The fourth-order valence-corrected chi connectivity index (χ4v) is 2.55. The predicted octanol–water partition coefficient (Wildman–Crippen LogP) is 4.15. The van der Waals surface area contributed by atoms with Crippen molar-refractivity contribution in [2.24, 2.45) is 10.7 Å². The zero-order valence-corrected chi connectivity index (χ0v) is 16.5. The summed E-state index contributed by atoms with van der Waals surface area (Å²) in [4.78, 5) is 8.64. The topological polar surface area (TPSA) is 98.6 Å². The average Bonchev–Trinajstić information content (AvgIpc) is 3.12. The third kappa shape index (κ3) is 5.72. The zero-order valence-electron chi connectivity index (χ0n) is 15.7. The van der Waals surface area contributed by atoms with Gasteiger partial charge in [-0.15, -0.1) is 0 Å². The average molecular weight is 400 g/mol.